The van der Waals surface area contributed by atoms with Crippen LogP contribution in [0.3, 0.4) is 0 Å². The third-order valence-electron chi connectivity index (χ3n) is 6.77. The lowest BCUT2D eigenvalue weighted by atomic mass is 9.95. The van der Waals surface area contributed by atoms with Gasteiger partial charge in [0, 0.05) is 0 Å². The number of carbonyl (C=O) groups is 4. The van der Waals surface area contributed by atoms with Gasteiger partial charge >= 0.3 is 12.2 Å². The molecule has 0 spiro atoms. The fourth-order valence-corrected chi connectivity index (χ4v) is 4.86. The van der Waals surface area contributed by atoms with E-state index in [4.69, 9.17) is 9.47 Å². The average Bonchev–Trinajstić information content (AvgIpc) is 3.28. The number of amides is 3. The number of Topliss-reactive ketones (excluding diaryl/α,β-unsaturated/α-hetero) is 1. The normalized spacial score (nSPS) is 19.7. The highest BCUT2D eigenvalue weighted by molar-refractivity contribution is 5.95. The molecule has 1 heterocycles. The van der Waals surface area contributed by atoms with Crippen molar-refractivity contribution in [2.24, 2.45) is 11.8 Å². The molecule has 10 heteroatoms. The highest BCUT2D eigenvalue weighted by Crippen LogP contribution is 2.25. The predicted octanol–water partition coefficient (Wildman–Crippen LogP) is 4.04. The van der Waals surface area contributed by atoms with E-state index in [1.165, 1.54) is 5.01 Å². The highest BCUT2D eigenvalue weighted by atomic mass is 16.6. The molecule has 210 valence electrons. The molecule has 3 N–H and O–H groups in total. The Bertz CT molecular complexity index is 948. The number of rotatable bonds is 12. The van der Waals surface area contributed by atoms with Crippen LogP contribution in [-0.2, 0) is 25.7 Å². The smallest absolute Gasteiger partial charge is 0.426 e. The van der Waals surface area contributed by atoms with E-state index >= 15 is 0 Å². The van der Waals surface area contributed by atoms with Gasteiger partial charge in [0.05, 0.1) is 12.1 Å². The lowest BCUT2D eigenvalue weighted by molar-refractivity contribution is -0.134. The second-order valence-electron chi connectivity index (χ2n) is 11.0. The van der Waals surface area contributed by atoms with Crippen molar-refractivity contribution in [3.63, 3.8) is 0 Å². The summed E-state index contributed by atoms with van der Waals surface area (Å²) in [7, 11) is 0. The fourth-order valence-electron chi connectivity index (χ4n) is 4.86. The molecule has 1 aromatic carbocycles. The third-order valence-corrected chi connectivity index (χ3v) is 6.77. The Morgan fingerprint density at radius 3 is 2.24 bits per heavy atom. The first-order valence-corrected chi connectivity index (χ1v) is 13.7. The monoisotopic (exact) mass is 530 g/mol. The standard InChI is InChI=1S/C28H42N4O6/c1-18(2)15-22(24(33)26-31-32(28(36)38-26)21-13-9-6-10-14-21)29-25(34)23(16-19(3)4)30-27(35)37-17-20-11-7-5-8-12-20/h5,7-8,11-12,18-19,21-23,26,31H,6,9-10,13-17H2,1-4H3,(H,29,34)(H,30,35)/t22-,23-,26?/m0/s1. The van der Waals surface area contributed by atoms with E-state index in [1.54, 1.807) is 0 Å². The lowest BCUT2D eigenvalue weighted by Gasteiger charge is -2.29. The summed E-state index contributed by atoms with van der Waals surface area (Å²) in [6.45, 7) is 7.85. The van der Waals surface area contributed by atoms with Crippen molar-refractivity contribution >= 4 is 23.9 Å². The summed E-state index contributed by atoms with van der Waals surface area (Å²) < 4.78 is 10.7. The van der Waals surface area contributed by atoms with Crippen LogP contribution in [0.15, 0.2) is 30.3 Å². The van der Waals surface area contributed by atoms with Crippen LogP contribution in [0.4, 0.5) is 9.59 Å². The number of cyclic esters (lactones) is 1. The first kappa shape index (κ1) is 29.4. The molecule has 1 aliphatic carbocycles. The molecule has 1 saturated carbocycles. The summed E-state index contributed by atoms with van der Waals surface area (Å²) >= 11 is 0. The number of carbonyl (C=O) groups excluding carboxylic acids is 4. The zero-order chi connectivity index (χ0) is 27.7. The number of nitrogens with one attached hydrogen (secondary N) is 3. The number of hydrogen-bond acceptors (Lipinski definition) is 7. The van der Waals surface area contributed by atoms with Crippen LogP contribution >= 0.6 is 0 Å². The molecule has 2 aliphatic rings. The van der Waals surface area contributed by atoms with Gasteiger partial charge in [-0.2, -0.15) is 5.43 Å². The van der Waals surface area contributed by atoms with E-state index < -0.39 is 42.2 Å². The van der Waals surface area contributed by atoms with Crippen LogP contribution in [0.2, 0.25) is 0 Å². The topological polar surface area (TPSA) is 126 Å². The van der Waals surface area contributed by atoms with Gasteiger partial charge in [-0.05, 0) is 43.1 Å². The van der Waals surface area contributed by atoms with Crippen LogP contribution in [-0.4, -0.2) is 53.2 Å². The van der Waals surface area contributed by atoms with Gasteiger partial charge in [-0.15, -0.1) is 0 Å². The molecule has 10 nitrogen and oxygen atoms in total. The molecule has 0 bridgehead atoms. The zero-order valence-corrected chi connectivity index (χ0v) is 22.9. The molecule has 3 rings (SSSR count). The van der Waals surface area contributed by atoms with Crippen LogP contribution in [0, 0.1) is 11.8 Å². The summed E-state index contributed by atoms with van der Waals surface area (Å²) in [5.41, 5.74) is 3.76. The number of nitrogens with zero attached hydrogens (tertiary/aromatic N) is 1. The predicted molar refractivity (Wildman–Crippen MR) is 142 cm³/mol. The third kappa shape index (κ3) is 8.72. The number of benzene rings is 1. The molecule has 3 amide bonds. The van der Waals surface area contributed by atoms with Crippen LogP contribution in [0.25, 0.3) is 0 Å². The first-order chi connectivity index (χ1) is 18.1. The number of alkyl carbamates (subject to hydrolysis) is 1. The molecular weight excluding hydrogens is 488 g/mol. The van der Waals surface area contributed by atoms with Gasteiger partial charge in [-0.25, -0.2) is 14.6 Å². The van der Waals surface area contributed by atoms with Crippen molar-refractivity contribution in [1.29, 1.82) is 0 Å². The Morgan fingerprint density at radius 1 is 0.974 bits per heavy atom. The minimum Gasteiger partial charge on any atom is -0.445 e. The summed E-state index contributed by atoms with van der Waals surface area (Å²) in [5, 5.41) is 6.89. The van der Waals surface area contributed by atoms with Crippen molar-refractivity contribution in [3.8, 4) is 0 Å². The van der Waals surface area contributed by atoms with Gasteiger partial charge in [0.15, 0.2) is 0 Å². The highest BCUT2D eigenvalue weighted by Gasteiger charge is 2.42. The lowest BCUT2D eigenvalue weighted by Crippen LogP contribution is -2.56. The maximum atomic E-state index is 13.4. The van der Waals surface area contributed by atoms with E-state index in [2.05, 4.69) is 16.1 Å². The molecule has 0 radical (unpaired) electrons. The van der Waals surface area contributed by atoms with E-state index in [9.17, 15) is 19.2 Å². The molecule has 3 atom stereocenters. The number of hydrazine groups is 1. The quantitative estimate of drug-likeness (QED) is 0.372. The second-order valence-corrected chi connectivity index (χ2v) is 11.0. The Balaban J connectivity index is 1.63. The van der Waals surface area contributed by atoms with E-state index in [0.717, 1.165) is 37.7 Å². The van der Waals surface area contributed by atoms with Gasteiger partial charge in [-0.1, -0.05) is 77.3 Å². The maximum absolute atomic E-state index is 13.4. The SMILES string of the molecule is CC(C)C[C@H](NC(=O)OCc1ccccc1)C(=O)N[C@@H](CC(C)C)C(=O)C1NN(C2CCCCC2)C(=O)O1. The number of hydrogen-bond donors (Lipinski definition) is 3. The molecule has 38 heavy (non-hydrogen) atoms. The molecule has 0 aromatic heterocycles. The van der Waals surface area contributed by atoms with Crippen LogP contribution in [0.1, 0.15) is 78.2 Å². The summed E-state index contributed by atoms with van der Waals surface area (Å²) in [4.78, 5) is 51.7. The first-order valence-electron chi connectivity index (χ1n) is 13.7. The van der Waals surface area contributed by atoms with Gasteiger partial charge in [0.1, 0.15) is 12.6 Å². The van der Waals surface area contributed by atoms with Gasteiger partial charge in [0.2, 0.25) is 17.9 Å². The maximum Gasteiger partial charge on any atom is 0.426 e. The van der Waals surface area contributed by atoms with E-state index in [0.29, 0.717) is 12.8 Å². The van der Waals surface area contributed by atoms with Gasteiger partial charge < -0.3 is 20.1 Å². The van der Waals surface area contributed by atoms with E-state index in [-0.39, 0.29) is 24.5 Å². The summed E-state index contributed by atoms with van der Waals surface area (Å²) in [6, 6.07) is 7.46. The molecule has 2 fully saturated rings. The van der Waals surface area contributed by atoms with Crippen LogP contribution in [0.5, 0.6) is 0 Å². The summed E-state index contributed by atoms with van der Waals surface area (Å²) in [6.07, 6.45) is 3.18. The molecule has 1 aliphatic heterocycles. The molecule has 1 aromatic rings. The van der Waals surface area contributed by atoms with E-state index in [1.807, 2.05) is 58.0 Å². The van der Waals surface area contributed by atoms with Gasteiger partial charge in [-0.3, -0.25) is 9.59 Å². The zero-order valence-electron chi connectivity index (χ0n) is 22.9. The van der Waals surface area contributed by atoms with Crippen molar-refractivity contribution in [1.82, 2.24) is 21.1 Å². The van der Waals surface area contributed by atoms with Crippen LogP contribution < -0.4 is 16.1 Å². The summed E-state index contributed by atoms with van der Waals surface area (Å²) in [5.74, 6) is -0.722. The minimum absolute atomic E-state index is 0.00582. The number of ether oxygens (including phenoxy) is 2. The average molecular weight is 531 g/mol. The number of ketones is 1. The van der Waals surface area contributed by atoms with Gasteiger partial charge in [0.25, 0.3) is 0 Å². The Kier molecular flexibility index (Phi) is 10.9. The molecule has 1 unspecified atom stereocenters. The van der Waals surface area contributed by atoms with Crippen molar-refractivity contribution in [2.75, 3.05) is 0 Å². The minimum atomic E-state index is -1.17. The Morgan fingerprint density at radius 2 is 1.61 bits per heavy atom. The molecule has 1 saturated heterocycles. The van der Waals surface area contributed by atoms with Crippen molar-refractivity contribution in [2.45, 2.75) is 104 Å². The fraction of sp³-hybridized carbons (Fsp3) is 0.643. The largest absolute Gasteiger partial charge is 0.445 e. The Labute approximate surface area is 225 Å². The van der Waals surface area contributed by atoms with Crippen molar-refractivity contribution < 1.29 is 28.7 Å². The second kappa shape index (κ2) is 14.1. The van der Waals surface area contributed by atoms with Crippen molar-refractivity contribution in [3.05, 3.63) is 35.9 Å². The molecular formula is C28H42N4O6. The Hall–Kier alpha value is -3.14.